The second kappa shape index (κ2) is 10.1. The molecule has 10 nitrogen and oxygen atoms in total. The fraction of sp³-hybridized carbons (Fsp3) is 0.346. The standard InChI is InChI=1S/C26H28N8O2S/c1-4-21-6-7-22(16-28-21)32-37(35)11-9-33(10-12-37)23-8-5-19(14-29-23)25-26-20(13-27)15-30-34(26)17-24(31-25)36-18(2)3/h5-8,14-18H,4,9-12H2,1-3H3. The van der Waals surface area contributed by atoms with E-state index in [1.165, 1.54) is 6.20 Å². The lowest BCUT2D eigenvalue weighted by Crippen LogP contribution is -2.40. The molecule has 5 rings (SSSR count). The first-order valence-electron chi connectivity index (χ1n) is 12.2. The summed E-state index contributed by atoms with van der Waals surface area (Å²) in [5, 5.41) is 13.9. The van der Waals surface area contributed by atoms with E-state index in [0.29, 0.717) is 52.9 Å². The molecule has 11 heteroatoms. The van der Waals surface area contributed by atoms with Crippen LogP contribution in [0.3, 0.4) is 0 Å². The minimum Gasteiger partial charge on any atom is -0.474 e. The van der Waals surface area contributed by atoms with Gasteiger partial charge in [0.1, 0.15) is 28.7 Å². The van der Waals surface area contributed by atoms with Gasteiger partial charge in [-0.25, -0.2) is 18.7 Å². The van der Waals surface area contributed by atoms with Gasteiger partial charge in [0.25, 0.3) is 0 Å². The van der Waals surface area contributed by atoms with E-state index in [1.807, 2.05) is 45.0 Å². The van der Waals surface area contributed by atoms with Gasteiger partial charge < -0.3 is 9.64 Å². The molecule has 0 amide bonds. The third kappa shape index (κ3) is 5.24. The summed E-state index contributed by atoms with van der Waals surface area (Å²) in [4.78, 5) is 15.8. The van der Waals surface area contributed by atoms with E-state index in [2.05, 4.69) is 35.4 Å². The minimum atomic E-state index is -2.34. The van der Waals surface area contributed by atoms with Crippen molar-refractivity contribution >= 4 is 26.8 Å². The molecule has 0 bridgehead atoms. The van der Waals surface area contributed by atoms with Crippen molar-refractivity contribution in [2.24, 2.45) is 4.36 Å². The van der Waals surface area contributed by atoms with Gasteiger partial charge in [-0.1, -0.05) is 6.92 Å². The molecule has 1 fully saturated rings. The summed E-state index contributed by atoms with van der Waals surface area (Å²) < 4.78 is 25.3. The lowest BCUT2D eigenvalue weighted by atomic mass is 10.1. The highest BCUT2D eigenvalue weighted by Gasteiger charge is 2.22. The Labute approximate surface area is 216 Å². The highest BCUT2D eigenvalue weighted by molar-refractivity contribution is 7.93. The number of nitriles is 1. The Balaban J connectivity index is 1.37. The molecule has 0 unspecified atom stereocenters. The van der Waals surface area contributed by atoms with Gasteiger partial charge in [0.15, 0.2) is 0 Å². The van der Waals surface area contributed by atoms with E-state index in [0.717, 1.165) is 23.5 Å². The van der Waals surface area contributed by atoms with Gasteiger partial charge in [-0.05, 0) is 44.5 Å². The second-order valence-corrected chi connectivity index (χ2v) is 11.6. The molecule has 4 aromatic heterocycles. The van der Waals surface area contributed by atoms with Crippen molar-refractivity contribution in [1.82, 2.24) is 24.6 Å². The van der Waals surface area contributed by atoms with E-state index >= 15 is 0 Å². The fourth-order valence-electron chi connectivity index (χ4n) is 4.20. The summed E-state index contributed by atoms with van der Waals surface area (Å²) >= 11 is 0. The van der Waals surface area contributed by atoms with Crippen LogP contribution in [0.4, 0.5) is 11.5 Å². The molecule has 5 heterocycles. The van der Waals surface area contributed by atoms with Gasteiger partial charge >= 0.3 is 0 Å². The van der Waals surface area contributed by atoms with Crippen LogP contribution in [0.2, 0.25) is 0 Å². The number of anilines is 1. The minimum absolute atomic E-state index is 0.0580. The van der Waals surface area contributed by atoms with Gasteiger partial charge in [0, 0.05) is 42.0 Å². The smallest absolute Gasteiger partial charge is 0.233 e. The maximum absolute atomic E-state index is 13.3. The first kappa shape index (κ1) is 24.6. The monoisotopic (exact) mass is 516 g/mol. The third-order valence-electron chi connectivity index (χ3n) is 6.10. The predicted molar refractivity (Wildman–Crippen MR) is 142 cm³/mol. The first-order chi connectivity index (χ1) is 17.9. The Morgan fingerprint density at radius 1 is 1.14 bits per heavy atom. The van der Waals surface area contributed by atoms with Gasteiger partial charge in [0.2, 0.25) is 5.88 Å². The number of fused-ring (bicyclic) bond motifs is 1. The summed E-state index contributed by atoms with van der Waals surface area (Å²) in [6.07, 6.45) is 7.43. The molecular weight excluding hydrogens is 488 g/mol. The zero-order valence-electron chi connectivity index (χ0n) is 21.0. The Bertz CT molecular complexity index is 1570. The van der Waals surface area contributed by atoms with Crippen LogP contribution < -0.4 is 9.64 Å². The van der Waals surface area contributed by atoms with Gasteiger partial charge in [-0.2, -0.15) is 14.7 Å². The average Bonchev–Trinajstić information content (AvgIpc) is 3.32. The number of ether oxygens (including phenoxy) is 1. The predicted octanol–water partition coefficient (Wildman–Crippen LogP) is 4.03. The topological polar surface area (TPSA) is 122 Å². The second-order valence-electron chi connectivity index (χ2n) is 9.08. The fourth-order valence-corrected chi connectivity index (χ4v) is 6.09. The van der Waals surface area contributed by atoms with Crippen LogP contribution in [-0.4, -0.2) is 59.5 Å². The maximum atomic E-state index is 13.3. The van der Waals surface area contributed by atoms with Crippen LogP contribution in [0, 0.1) is 11.3 Å². The van der Waals surface area contributed by atoms with Crippen molar-refractivity contribution in [3.05, 3.63) is 60.3 Å². The summed E-state index contributed by atoms with van der Waals surface area (Å²) in [6.45, 7) is 7.09. The molecule has 1 aliphatic heterocycles. The van der Waals surface area contributed by atoms with E-state index in [-0.39, 0.29) is 6.10 Å². The quantitative estimate of drug-likeness (QED) is 0.377. The molecule has 1 saturated heterocycles. The van der Waals surface area contributed by atoms with Crippen molar-refractivity contribution in [2.75, 3.05) is 29.5 Å². The summed E-state index contributed by atoms with van der Waals surface area (Å²) in [6, 6.07) is 9.84. The Hall–Kier alpha value is -4.04. The highest BCUT2D eigenvalue weighted by atomic mass is 32.2. The SMILES string of the molecule is CCc1ccc(N=S2(=O)CCN(c3ccc(-c4nc(OC(C)C)cn5ncc(C#N)c45)cn3)CC2)cn1. The molecule has 0 atom stereocenters. The normalized spacial score (nSPS) is 15.1. The Morgan fingerprint density at radius 2 is 1.95 bits per heavy atom. The summed E-state index contributed by atoms with van der Waals surface area (Å²) in [7, 11) is -2.34. The number of aromatic nitrogens is 5. The maximum Gasteiger partial charge on any atom is 0.233 e. The molecule has 0 radical (unpaired) electrons. The first-order valence-corrected chi connectivity index (χ1v) is 14.1. The van der Waals surface area contributed by atoms with Crippen molar-refractivity contribution in [3.8, 4) is 23.2 Å². The van der Waals surface area contributed by atoms with Crippen molar-refractivity contribution in [2.45, 2.75) is 33.3 Å². The van der Waals surface area contributed by atoms with E-state index in [1.54, 1.807) is 23.1 Å². The highest BCUT2D eigenvalue weighted by Crippen LogP contribution is 2.29. The molecule has 0 aromatic carbocycles. The van der Waals surface area contributed by atoms with Crippen LogP contribution in [0.25, 0.3) is 16.8 Å². The number of hydrogen-bond donors (Lipinski definition) is 0. The van der Waals surface area contributed by atoms with Crippen LogP contribution in [0.5, 0.6) is 5.88 Å². The molecule has 37 heavy (non-hydrogen) atoms. The number of nitrogens with zero attached hydrogens (tertiary/aromatic N) is 8. The summed E-state index contributed by atoms with van der Waals surface area (Å²) in [5.74, 6) is 2.13. The van der Waals surface area contributed by atoms with Crippen LogP contribution in [-0.2, 0) is 16.1 Å². The Kier molecular flexibility index (Phi) is 6.76. The zero-order chi connectivity index (χ0) is 26.0. The molecule has 0 N–H and O–H groups in total. The molecule has 190 valence electrons. The van der Waals surface area contributed by atoms with Gasteiger partial charge in [-0.3, -0.25) is 4.98 Å². The van der Waals surface area contributed by atoms with Crippen LogP contribution in [0.1, 0.15) is 32.0 Å². The third-order valence-corrected chi connectivity index (χ3v) is 8.28. The molecule has 4 aromatic rings. The van der Waals surface area contributed by atoms with Crippen LogP contribution >= 0.6 is 0 Å². The van der Waals surface area contributed by atoms with E-state index < -0.39 is 9.73 Å². The van der Waals surface area contributed by atoms with Gasteiger partial charge in [-0.15, -0.1) is 0 Å². The van der Waals surface area contributed by atoms with E-state index in [4.69, 9.17) is 4.74 Å². The van der Waals surface area contributed by atoms with Crippen LogP contribution in [0.15, 0.2) is 53.4 Å². The summed E-state index contributed by atoms with van der Waals surface area (Å²) in [5.41, 5.74) is 4.02. The lowest BCUT2D eigenvalue weighted by molar-refractivity contribution is 0.231. The average molecular weight is 517 g/mol. The zero-order valence-corrected chi connectivity index (χ0v) is 21.9. The molecular formula is C26H28N8O2S. The molecule has 0 spiro atoms. The molecule has 0 aliphatic carbocycles. The number of hydrogen-bond acceptors (Lipinski definition) is 9. The molecule has 1 aliphatic rings. The number of aryl methyl sites for hydroxylation is 1. The van der Waals surface area contributed by atoms with Crippen molar-refractivity contribution in [1.29, 1.82) is 5.26 Å². The van der Waals surface area contributed by atoms with Gasteiger partial charge in [0.05, 0.1) is 40.1 Å². The van der Waals surface area contributed by atoms with E-state index in [9.17, 15) is 9.47 Å². The number of pyridine rings is 2. The van der Waals surface area contributed by atoms with Crippen molar-refractivity contribution < 1.29 is 8.95 Å². The van der Waals surface area contributed by atoms with Crippen molar-refractivity contribution in [3.63, 3.8) is 0 Å². The molecule has 0 saturated carbocycles. The number of rotatable bonds is 6. The largest absolute Gasteiger partial charge is 0.474 e. The lowest BCUT2D eigenvalue weighted by Gasteiger charge is -2.29. The Morgan fingerprint density at radius 3 is 2.57 bits per heavy atom.